The van der Waals surface area contributed by atoms with E-state index in [0.717, 1.165) is 10.4 Å². The van der Waals surface area contributed by atoms with E-state index in [-0.39, 0.29) is 15.4 Å². The third-order valence-corrected chi connectivity index (χ3v) is 4.89. The Morgan fingerprint density at radius 1 is 1.40 bits per heavy atom. The molecule has 0 saturated carbocycles. The number of halogens is 1. The van der Waals surface area contributed by atoms with Gasteiger partial charge in [-0.15, -0.1) is 0 Å². The zero-order valence-corrected chi connectivity index (χ0v) is 9.75. The molecule has 0 N–H and O–H groups in total. The Hall–Kier alpha value is -1.01. The van der Waals surface area contributed by atoms with Crippen molar-refractivity contribution in [2.45, 2.75) is 11.8 Å². The van der Waals surface area contributed by atoms with E-state index in [1.807, 2.05) is 0 Å². The van der Waals surface area contributed by atoms with Gasteiger partial charge >= 0.3 is 0 Å². The summed E-state index contributed by atoms with van der Waals surface area (Å²) in [6.07, 6.45) is 0. The fraction of sp³-hybridized carbons (Fsp3) is 0.222. The maximum Gasteiger partial charge on any atom is 0.265 e. The molecule has 0 bridgehead atoms. The molecule has 15 heavy (non-hydrogen) atoms. The molecule has 0 unspecified atom stereocenters. The molecule has 0 spiro atoms. The minimum absolute atomic E-state index is 0.0916. The van der Waals surface area contributed by atoms with Gasteiger partial charge in [-0.05, 0) is 24.6 Å². The Morgan fingerprint density at radius 2 is 2.00 bits per heavy atom. The highest BCUT2D eigenvalue weighted by molar-refractivity contribution is 7.92. The number of benzene rings is 1. The molecule has 0 radical (unpaired) electrons. The van der Waals surface area contributed by atoms with Gasteiger partial charge in [-0.25, -0.2) is 12.8 Å². The van der Waals surface area contributed by atoms with Gasteiger partial charge in [-0.2, -0.15) is 0 Å². The predicted molar refractivity (Wildman–Crippen MR) is 57.8 cm³/mol. The second-order valence-electron chi connectivity index (χ2n) is 3.32. The molecule has 2 rings (SSSR count). The van der Waals surface area contributed by atoms with Crippen molar-refractivity contribution in [2.75, 3.05) is 7.05 Å². The zero-order chi connectivity index (χ0) is 11.4. The minimum atomic E-state index is -3.55. The van der Waals surface area contributed by atoms with Crippen molar-refractivity contribution >= 4 is 27.2 Å². The molecule has 0 atom stereocenters. The zero-order valence-electron chi connectivity index (χ0n) is 8.11. The first-order chi connectivity index (χ1) is 6.87. The predicted octanol–water partition coefficient (Wildman–Crippen LogP) is 1.44. The molecule has 0 saturated heterocycles. The largest absolute Gasteiger partial charge is 0.265 e. The number of hydrogen-bond acceptors (Lipinski definition) is 3. The van der Waals surface area contributed by atoms with Crippen LogP contribution in [0.2, 0.25) is 0 Å². The molecule has 1 aromatic carbocycles. The van der Waals surface area contributed by atoms with Gasteiger partial charge in [0.05, 0.1) is 4.90 Å². The average molecular weight is 245 g/mol. The van der Waals surface area contributed by atoms with Crippen LogP contribution in [0.1, 0.15) is 11.1 Å². The number of rotatable bonds is 0. The van der Waals surface area contributed by atoms with Gasteiger partial charge in [-0.3, -0.25) is 4.31 Å². The molecule has 0 aromatic heterocycles. The summed E-state index contributed by atoms with van der Waals surface area (Å²) in [5.41, 5.74) is 0.595. The molecule has 80 valence electrons. The smallest absolute Gasteiger partial charge is 0.259 e. The van der Waals surface area contributed by atoms with Crippen molar-refractivity contribution in [3.63, 3.8) is 0 Å². The van der Waals surface area contributed by atoms with Crippen LogP contribution in [-0.4, -0.2) is 24.8 Å². The van der Waals surface area contributed by atoms with Crippen molar-refractivity contribution in [2.24, 2.45) is 0 Å². The van der Waals surface area contributed by atoms with E-state index in [1.165, 1.54) is 20.0 Å². The summed E-state index contributed by atoms with van der Waals surface area (Å²) in [6.45, 7) is 1.52. The van der Waals surface area contributed by atoms with Crippen LogP contribution >= 0.6 is 12.2 Å². The standard InChI is InChI=1S/C9H8FNO2S2/c1-5-6(10)3-4-7-8(5)9(14)11(2)15(7,12)13/h3-4H,1-2H3. The van der Waals surface area contributed by atoms with Crippen LogP contribution in [-0.2, 0) is 10.0 Å². The normalized spacial score (nSPS) is 18.1. The first-order valence-corrected chi connectivity index (χ1v) is 6.04. The average Bonchev–Trinajstić information content (AvgIpc) is 2.34. The van der Waals surface area contributed by atoms with Crippen LogP contribution in [0.3, 0.4) is 0 Å². The lowest BCUT2D eigenvalue weighted by Gasteiger charge is -2.08. The number of fused-ring (bicyclic) bond motifs is 1. The second kappa shape index (κ2) is 2.99. The van der Waals surface area contributed by atoms with Gasteiger partial charge in [0.25, 0.3) is 10.0 Å². The lowest BCUT2D eigenvalue weighted by Crippen LogP contribution is -2.24. The number of thiocarbonyl (C=S) groups is 1. The highest BCUT2D eigenvalue weighted by atomic mass is 32.2. The lowest BCUT2D eigenvalue weighted by molar-refractivity contribution is 0.560. The van der Waals surface area contributed by atoms with Crippen LogP contribution < -0.4 is 0 Å². The summed E-state index contributed by atoms with van der Waals surface area (Å²) >= 11 is 4.97. The van der Waals surface area contributed by atoms with E-state index in [0.29, 0.717) is 5.56 Å². The summed E-state index contributed by atoms with van der Waals surface area (Å²) in [5.74, 6) is -0.443. The highest BCUT2D eigenvalue weighted by Crippen LogP contribution is 2.32. The van der Waals surface area contributed by atoms with Gasteiger partial charge in [0, 0.05) is 12.6 Å². The molecule has 0 amide bonds. The lowest BCUT2D eigenvalue weighted by atomic mass is 10.1. The van der Waals surface area contributed by atoms with Crippen LogP contribution in [0.4, 0.5) is 4.39 Å². The third-order valence-electron chi connectivity index (χ3n) is 2.50. The molecular weight excluding hydrogens is 237 g/mol. The van der Waals surface area contributed by atoms with Crippen LogP contribution in [0.5, 0.6) is 0 Å². The van der Waals surface area contributed by atoms with E-state index in [2.05, 4.69) is 0 Å². The van der Waals surface area contributed by atoms with Crippen LogP contribution in [0, 0.1) is 12.7 Å². The quantitative estimate of drug-likeness (QED) is 0.649. The maximum absolute atomic E-state index is 13.3. The van der Waals surface area contributed by atoms with Crippen molar-refractivity contribution < 1.29 is 12.8 Å². The second-order valence-corrected chi connectivity index (χ2v) is 5.65. The molecule has 1 aromatic rings. The summed E-state index contributed by atoms with van der Waals surface area (Å²) in [4.78, 5) is 0.246. The van der Waals surface area contributed by atoms with E-state index < -0.39 is 15.8 Å². The van der Waals surface area contributed by atoms with Crippen molar-refractivity contribution in [3.8, 4) is 0 Å². The Balaban J connectivity index is 2.90. The number of sulfonamides is 1. The van der Waals surface area contributed by atoms with E-state index in [1.54, 1.807) is 0 Å². The van der Waals surface area contributed by atoms with Gasteiger partial charge < -0.3 is 0 Å². The summed E-state index contributed by atoms with van der Waals surface area (Å²) < 4.78 is 37.8. The van der Waals surface area contributed by atoms with Gasteiger partial charge in [-0.1, -0.05) is 12.2 Å². The Bertz CT molecular complexity index is 566. The third kappa shape index (κ3) is 1.21. The molecule has 1 aliphatic rings. The van der Waals surface area contributed by atoms with Gasteiger partial charge in [0.15, 0.2) is 0 Å². The Kier molecular flexibility index (Phi) is 2.09. The number of hydrogen-bond donors (Lipinski definition) is 0. The number of nitrogens with zero attached hydrogens (tertiary/aromatic N) is 1. The van der Waals surface area contributed by atoms with Crippen molar-refractivity contribution in [1.29, 1.82) is 0 Å². The van der Waals surface area contributed by atoms with E-state index in [4.69, 9.17) is 12.2 Å². The molecular formula is C9H8FNO2S2. The molecule has 0 aliphatic carbocycles. The molecule has 1 heterocycles. The van der Waals surface area contributed by atoms with E-state index >= 15 is 0 Å². The fourth-order valence-electron chi connectivity index (χ4n) is 1.56. The molecule has 3 nitrogen and oxygen atoms in total. The van der Waals surface area contributed by atoms with Crippen molar-refractivity contribution in [1.82, 2.24) is 4.31 Å². The van der Waals surface area contributed by atoms with E-state index in [9.17, 15) is 12.8 Å². The topological polar surface area (TPSA) is 37.4 Å². The highest BCUT2D eigenvalue weighted by Gasteiger charge is 2.37. The molecule has 1 aliphatic heterocycles. The maximum atomic E-state index is 13.3. The van der Waals surface area contributed by atoms with Gasteiger partial charge in [0.1, 0.15) is 10.8 Å². The first kappa shape index (κ1) is 10.5. The van der Waals surface area contributed by atoms with Crippen LogP contribution in [0.25, 0.3) is 0 Å². The SMILES string of the molecule is Cc1c(F)ccc2c1C(=S)N(C)S2(=O)=O. The summed E-state index contributed by atoms with van der Waals surface area (Å²) in [5, 5.41) is 0. The first-order valence-electron chi connectivity index (χ1n) is 4.19. The molecule has 0 fully saturated rings. The van der Waals surface area contributed by atoms with Crippen LogP contribution in [0.15, 0.2) is 17.0 Å². The van der Waals surface area contributed by atoms with Gasteiger partial charge in [0.2, 0.25) is 0 Å². The minimum Gasteiger partial charge on any atom is -0.259 e. The summed E-state index contributed by atoms with van der Waals surface area (Å²) in [6, 6.07) is 2.40. The molecule has 6 heteroatoms. The Morgan fingerprint density at radius 3 is 2.60 bits per heavy atom. The summed E-state index contributed by atoms with van der Waals surface area (Å²) in [7, 11) is -2.18. The fourth-order valence-corrected chi connectivity index (χ4v) is 3.53. The monoisotopic (exact) mass is 245 g/mol. The van der Waals surface area contributed by atoms with Crippen molar-refractivity contribution in [3.05, 3.63) is 29.1 Å². The Labute approximate surface area is 92.6 Å².